The molecule has 1 spiro atoms. The number of hydrogen-bond donors (Lipinski definition) is 2. The van der Waals surface area contributed by atoms with Crippen LogP contribution in [0.5, 0.6) is 17.2 Å². The van der Waals surface area contributed by atoms with E-state index in [1.807, 2.05) is 56.3 Å². The van der Waals surface area contributed by atoms with Crippen molar-refractivity contribution in [2.24, 2.45) is 5.92 Å². The Morgan fingerprint density at radius 3 is 2.38 bits per heavy atom. The Morgan fingerprint density at radius 1 is 0.975 bits per heavy atom. The van der Waals surface area contributed by atoms with Crippen molar-refractivity contribution in [3.05, 3.63) is 82.9 Å². The molecule has 8 heteroatoms. The number of methoxy groups -OCH3 is 1. The number of nitrogens with one attached hydrogen (secondary N) is 2. The molecule has 2 heterocycles. The quantitative estimate of drug-likeness (QED) is 0.368. The lowest BCUT2D eigenvalue weighted by Crippen LogP contribution is -2.46. The van der Waals surface area contributed by atoms with Crippen LogP contribution < -0.4 is 20.1 Å². The lowest BCUT2D eigenvalue weighted by molar-refractivity contribution is -0.118. The average Bonchev–Trinajstić information content (AvgIpc) is 3.26. The van der Waals surface area contributed by atoms with Crippen LogP contribution in [0.4, 0.5) is 10.5 Å². The second kappa shape index (κ2) is 10.5. The maximum absolute atomic E-state index is 13.3. The third-order valence-corrected chi connectivity index (χ3v) is 6.97. The second-order valence-corrected chi connectivity index (χ2v) is 11.6. The number of amides is 2. The molecule has 0 saturated carbocycles. The van der Waals surface area contributed by atoms with Gasteiger partial charge < -0.3 is 29.6 Å². The largest absolute Gasteiger partial charge is 0.497 e. The molecule has 0 radical (unpaired) electrons. The maximum Gasteiger partial charge on any atom is 0.408 e. The minimum atomic E-state index is -0.854. The van der Waals surface area contributed by atoms with Crippen molar-refractivity contribution < 1.29 is 28.5 Å². The van der Waals surface area contributed by atoms with Gasteiger partial charge in [-0.2, -0.15) is 0 Å². The molecule has 3 aromatic rings. The van der Waals surface area contributed by atoms with Crippen LogP contribution >= 0.6 is 0 Å². The molecular weight excluding hydrogens is 508 g/mol. The summed E-state index contributed by atoms with van der Waals surface area (Å²) in [4.78, 5) is 25.8. The summed E-state index contributed by atoms with van der Waals surface area (Å²) in [6, 6.07) is 18.7. The van der Waals surface area contributed by atoms with Crippen LogP contribution in [0.1, 0.15) is 63.3 Å². The fourth-order valence-electron chi connectivity index (χ4n) is 5.33. The molecular formula is C32H36N2O6. The summed E-state index contributed by atoms with van der Waals surface area (Å²) in [6.07, 6.45) is -0.181. The average molecular weight is 545 g/mol. The number of anilines is 1. The van der Waals surface area contributed by atoms with Crippen molar-refractivity contribution in [1.29, 1.82) is 0 Å². The number of carbonyl (C=O) groups is 2. The summed E-state index contributed by atoms with van der Waals surface area (Å²) in [5.74, 6) is 1.68. The minimum absolute atomic E-state index is 0.170. The third kappa shape index (κ3) is 5.23. The molecule has 2 aliphatic heterocycles. The molecule has 3 aromatic carbocycles. The van der Waals surface area contributed by atoms with Gasteiger partial charge in [0, 0.05) is 28.9 Å². The number of alkyl carbamates (subject to hydrolysis) is 1. The van der Waals surface area contributed by atoms with Gasteiger partial charge in [0.2, 0.25) is 5.91 Å². The Balaban J connectivity index is 1.48. The van der Waals surface area contributed by atoms with Gasteiger partial charge in [0.15, 0.2) is 5.60 Å². The van der Waals surface area contributed by atoms with Crippen molar-refractivity contribution in [2.75, 3.05) is 12.4 Å². The van der Waals surface area contributed by atoms with Gasteiger partial charge in [0.1, 0.15) is 28.9 Å². The molecule has 5 rings (SSSR count). The molecule has 2 aliphatic rings. The molecule has 2 atom stereocenters. The second-order valence-electron chi connectivity index (χ2n) is 11.6. The molecule has 0 saturated heterocycles. The molecule has 2 amide bonds. The molecule has 1 unspecified atom stereocenters. The monoisotopic (exact) mass is 544 g/mol. The Morgan fingerprint density at radius 2 is 1.68 bits per heavy atom. The van der Waals surface area contributed by atoms with Crippen LogP contribution in [-0.4, -0.2) is 30.8 Å². The van der Waals surface area contributed by atoms with Gasteiger partial charge in [-0.1, -0.05) is 38.1 Å². The highest BCUT2D eigenvalue weighted by atomic mass is 16.6. The van der Waals surface area contributed by atoms with E-state index in [2.05, 4.69) is 22.8 Å². The lowest BCUT2D eigenvalue weighted by atomic mass is 9.77. The number of benzene rings is 3. The fourth-order valence-corrected chi connectivity index (χ4v) is 5.33. The highest BCUT2D eigenvalue weighted by molar-refractivity contribution is 5.97. The first-order chi connectivity index (χ1) is 19.0. The first-order valence-electron chi connectivity index (χ1n) is 13.5. The first-order valence-corrected chi connectivity index (χ1v) is 13.5. The Bertz CT molecular complexity index is 1440. The van der Waals surface area contributed by atoms with E-state index in [1.165, 1.54) is 0 Å². The zero-order chi connectivity index (χ0) is 28.7. The molecule has 8 nitrogen and oxygen atoms in total. The van der Waals surface area contributed by atoms with Gasteiger partial charge in [-0.05, 0) is 68.5 Å². The van der Waals surface area contributed by atoms with Crippen molar-refractivity contribution in [1.82, 2.24) is 5.32 Å². The van der Waals surface area contributed by atoms with Gasteiger partial charge in [-0.25, -0.2) is 4.79 Å². The summed E-state index contributed by atoms with van der Waals surface area (Å²) >= 11 is 0. The van der Waals surface area contributed by atoms with Crippen LogP contribution in [0.15, 0.2) is 60.7 Å². The number of carbonyl (C=O) groups excluding carboxylic acids is 2. The van der Waals surface area contributed by atoms with E-state index in [1.54, 1.807) is 33.9 Å². The van der Waals surface area contributed by atoms with Crippen molar-refractivity contribution in [2.45, 2.75) is 64.9 Å². The molecule has 2 N–H and O–H groups in total. The number of hydrogen-bond acceptors (Lipinski definition) is 6. The van der Waals surface area contributed by atoms with E-state index in [9.17, 15) is 9.59 Å². The van der Waals surface area contributed by atoms with E-state index in [0.717, 1.165) is 22.3 Å². The number of ether oxygens (including phenoxy) is 4. The van der Waals surface area contributed by atoms with Crippen LogP contribution in [0.2, 0.25) is 0 Å². The highest BCUT2D eigenvalue weighted by Crippen LogP contribution is 2.56. The van der Waals surface area contributed by atoms with Gasteiger partial charge >= 0.3 is 6.09 Å². The molecule has 0 aliphatic carbocycles. The topological polar surface area (TPSA) is 95.1 Å². The summed E-state index contributed by atoms with van der Waals surface area (Å²) in [5.41, 5.74) is 2.91. The Labute approximate surface area is 235 Å². The summed E-state index contributed by atoms with van der Waals surface area (Å²) in [5, 5.41) is 5.68. The smallest absolute Gasteiger partial charge is 0.408 e. The molecule has 40 heavy (non-hydrogen) atoms. The predicted molar refractivity (Wildman–Crippen MR) is 152 cm³/mol. The van der Waals surface area contributed by atoms with Gasteiger partial charge in [0.25, 0.3) is 0 Å². The van der Waals surface area contributed by atoms with Crippen molar-refractivity contribution >= 4 is 17.7 Å². The lowest BCUT2D eigenvalue weighted by Gasteiger charge is -2.37. The number of fused-ring (bicyclic) bond motifs is 6. The molecule has 0 fully saturated rings. The first kappa shape index (κ1) is 27.5. The van der Waals surface area contributed by atoms with E-state index >= 15 is 0 Å². The molecule has 210 valence electrons. The summed E-state index contributed by atoms with van der Waals surface area (Å²) in [6.45, 7) is 9.80. The Kier molecular flexibility index (Phi) is 7.23. The normalized spacial score (nSPS) is 17.8. The minimum Gasteiger partial charge on any atom is -0.497 e. The maximum atomic E-state index is 13.3. The van der Waals surface area contributed by atoms with Crippen LogP contribution in [0.25, 0.3) is 0 Å². The van der Waals surface area contributed by atoms with Crippen LogP contribution in [0.3, 0.4) is 0 Å². The van der Waals surface area contributed by atoms with Gasteiger partial charge in [-0.3, -0.25) is 4.79 Å². The number of rotatable bonds is 6. The standard InChI is InChI=1S/C32H36N2O6/c1-19(2)15-26(34-30(36)40-31(3,4)5)29(35)33-21-11-13-24-27(16-21)39-28-17-22(37-6)12-14-25(28)32(24)23-10-8-7-9-20(23)18-38-32/h7-14,16-17,19,26H,15,18H2,1-6H3,(H,33,35)(H,34,36)/t26-,32?/m0/s1. The van der Waals surface area contributed by atoms with E-state index < -0.39 is 23.3 Å². The molecule has 0 aromatic heterocycles. The summed E-state index contributed by atoms with van der Waals surface area (Å²) < 4.78 is 23.8. The third-order valence-electron chi connectivity index (χ3n) is 6.97. The highest BCUT2D eigenvalue weighted by Gasteiger charge is 2.49. The van der Waals surface area contributed by atoms with E-state index in [-0.39, 0.29) is 11.8 Å². The molecule has 0 bridgehead atoms. The summed E-state index contributed by atoms with van der Waals surface area (Å²) in [7, 11) is 1.61. The Hall–Kier alpha value is -4.04. The van der Waals surface area contributed by atoms with E-state index in [4.69, 9.17) is 18.9 Å². The van der Waals surface area contributed by atoms with Crippen LogP contribution in [0, 0.1) is 5.92 Å². The zero-order valence-corrected chi connectivity index (χ0v) is 23.8. The fraction of sp³-hybridized carbons (Fsp3) is 0.375. The SMILES string of the molecule is COc1ccc2c(c1)Oc1cc(NC(=O)[C@H](CC(C)C)NC(=O)OC(C)(C)C)ccc1C21OCc2ccccc21. The van der Waals surface area contributed by atoms with Gasteiger partial charge in [0.05, 0.1) is 13.7 Å². The van der Waals surface area contributed by atoms with Gasteiger partial charge in [-0.15, -0.1) is 0 Å². The van der Waals surface area contributed by atoms with Crippen LogP contribution in [-0.2, 0) is 26.5 Å². The predicted octanol–water partition coefficient (Wildman–Crippen LogP) is 6.50. The van der Waals surface area contributed by atoms with E-state index in [0.29, 0.717) is 36.0 Å². The van der Waals surface area contributed by atoms with Crippen molar-refractivity contribution in [3.8, 4) is 17.2 Å². The zero-order valence-electron chi connectivity index (χ0n) is 23.8. The van der Waals surface area contributed by atoms with Crippen molar-refractivity contribution in [3.63, 3.8) is 0 Å².